The van der Waals surface area contributed by atoms with Gasteiger partial charge in [0.05, 0.1) is 6.54 Å². The van der Waals surface area contributed by atoms with Crippen LogP contribution in [0.2, 0.25) is 5.02 Å². The first-order valence-electron chi connectivity index (χ1n) is 6.53. The Kier molecular flexibility index (Phi) is 10.9. The summed E-state index contributed by atoms with van der Waals surface area (Å²) in [5.41, 5.74) is 1.11. The molecule has 0 aliphatic rings. The van der Waals surface area contributed by atoms with Crippen LogP contribution in [0.1, 0.15) is 19.4 Å². The van der Waals surface area contributed by atoms with E-state index in [1.54, 1.807) is 0 Å². The molecule has 1 aromatic carbocycles. The maximum atomic E-state index is 9.00. The van der Waals surface area contributed by atoms with Crippen molar-refractivity contribution in [1.29, 1.82) is 0 Å². The van der Waals surface area contributed by atoms with Gasteiger partial charge in [-0.1, -0.05) is 30.7 Å². The summed E-state index contributed by atoms with van der Waals surface area (Å²) in [6.07, 6.45) is 0. The number of aliphatic imine (C=N–C) groups is 1. The summed E-state index contributed by atoms with van der Waals surface area (Å²) in [6.45, 7) is 6.28. The fraction of sp³-hybridized carbons (Fsp3) is 0.500. The lowest BCUT2D eigenvalue weighted by Crippen LogP contribution is -2.39. The monoisotopic (exact) mass is 411 g/mol. The number of nitrogens with one attached hydrogen (secondary N) is 2. The van der Waals surface area contributed by atoms with Gasteiger partial charge < -0.3 is 15.7 Å². The van der Waals surface area contributed by atoms with Crippen molar-refractivity contribution in [3.8, 4) is 0 Å². The van der Waals surface area contributed by atoms with Crippen LogP contribution in [-0.2, 0) is 6.54 Å². The van der Waals surface area contributed by atoms with E-state index in [0.29, 0.717) is 13.1 Å². The lowest BCUT2D eigenvalue weighted by molar-refractivity contribution is 0.238. The number of aliphatic hydroxyl groups excluding tert-OH is 1. The number of halogens is 2. The summed E-state index contributed by atoms with van der Waals surface area (Å²) < 4.78 is 0. The molecule has 1 aromatic rings. The molecule has 0 aromatic heterocycles. The van der Waals surface area contributed by atoms with Crippen molar-refractivity contribution in [3.63, 3.8) is 0 Å². The fourth-order valence-corrected chi connectivity index (χ4v) is 1.56. The van der Waals surface area contributed by atoms with Crippen molar-refractivity contribution in [2.45, 2.75) is 20.4 Å². The van der Waals surface area contributed by atoms with E-state index in [1.165, 1.54) is 0 Å². The number of rotatable bonds is 6. The van der Waals surface area contributed by atoms with Gasteiger partial charge >= 0.3 is 0 Å². The molecular weight excluding hydrogens is 389 g/mol. The lowest BCUT2D eigenvalue weighted by Gasteiger charge is -2.14. The molecule has 0 saturated carbocycles. The van der Waals surface area contributed by atoms with Crippen molar-refractivity contribution in [2.24, 2.45) is 10.9 Å². The van der Waals surface area contributed by atoms with Crippen LogP contribution in [0.3, 0.4) is 0 Å². The Labute approximate surface area is 143 Å². The van der Waals surface area contributed by atoms with Gasteiger partial charge in [0.15, 0.2) is 5.96 Å². The van der Waals surface area contributed by atoms with Crippen LogP contribution >= 0.6 is 35.6 Å². The molecule has 0 bridgehead atoms. The molecular formula is C14H23ClIN3O. The Morgan fingerprint density at radius 1 is 1.30 bits per heavy atom. The molecule has 20 heavy (non-hydrogen) atoms. The van der Waals surface area contributed by atoms with Crippen molar-refractivity contribution in [1.82, 2.24) is 10.6 Å². The average molecular weight is 412 g/mol. The minimum atomic E-state index is 0. The zero-order chi connectivity index (χ0) is 14.1. The Balaban J connectivity index is 0.00000361. The molecule has 1 unspecified atom stereocenters. The zero-order valence-corrected chi connectivity index (χ0v) is 15.0. The van der Waals surface area contributed by atoms with Gasteiger partial charge in [-0.2, -0.15) is 0 Å². The van der Waals surface area contributed by atoms with Gasteiger partial charge in [0.25, 0.3) is 0 Å². The zero-order valence-electron chi connectivity index (χ0n) is 11.9. The molecule has 0 heterocycles. The highest BCUT2D eigenvalue weighted by Gasteiger charge is 2.02. The van der Waals surface area contributed by atoms with Gasteiger partial charge in [0, 0.05) is 24.7 Å². The highest BCUT2D eigenvalue weighted by Crippen LogP contribution is 2.10. The second-order valence-electron chi connectivity index (χ2n) is 4.49. The van der Waals surface area contributed by atoms with Crippen molar-refractivity contribution in [2.75, 3.05) is 19.7 Å². The number of hydrogen-bond donors (Lipinski definition) is 3. The van der Waals surface area contributed by atoms with Crippen LogP contribution in [0.5, 0.6) is 0 Å². The quantitative estimate of drug-likeness (QED) is 0.383. The predicted molar refractivity (Wildman–Crippen MR) is 95.9 cm³/mol. The summed E-state index contributed by atoms with van der Waals surface area (Å²) in [4.78, 5) is 4.49. The number of hydrogen-bond acceptors (Lipinski definition) is 2. The minimum absolute atomic E-state index is 0. The Bertz CT molecular complexity index is 398. The van der Waals surface area contributed by atoms with Gasteiger partial charge in [-0.25, -0.2) is 4.99 Å². The molecule has 114 valence electrons. The summed E-state index contributed by atoms with van der Waals surface area (Å²) in [6, 6.07) is 7.65. The van der Waals surface area contributed by atoms with Crippen LogP contribution in [0.15, 0.2) is 29.3 Å². The minimum Gasteiger partial charge on any atom is -0.396 e. The fourth-order valence-electron chi connectivity index (χ4n) is 1.44. The van der Waals surface area contributed by atoms with Crippen molar-refractivity contribution in [3.05, 3.63) is 34.9 Å². The Morgan fingerprint density at radius 3 is 2.50 bits per heavy atom. The van der Waals surface area contributed by atoms with Gasteiger partial charge in [-0.15, -0.1) is 24.0 Å². The highest BCUT2D eigenvalue weighted by molar-refractivity contribution is 14.0. The first kappa shape index (κ1) is 19.5. The van der Waals surface area contributed by atoms with E-state index in [2.05, 4.69) is 15.6 Å². The normalized spacial score (nSPS) is 12.5. The molecule has 0 saturated heterocycles. The third-order valence-corrected chi connectivity index (χ3v) is 2.86. The van der Waals surface area contributed by atoms with E-state index in [1.807, 2.05) is 38.1 Å². The van der Waals surface area contributed by atoms with Crippen LogP contribution in [-0.4, -0.2) is 30.8 Å². The van der Waals surface area contributed by atoms with E-state index in [4.69, 9.17) is 16.7 Å². The topological polar surface area (TPSA) is 56.7 Å². The largest absolute Gasteiger partial charge is 0.396 e. The second-order valence-corrected chi connectivity index (χ2v) is 4.93. The number of guanidine groups is 1. The third-order valence-electron chi connectivity index (χ3n) is 2.61. The molecule has 0 fully saturated rings. The summed E-state index contributed by atoms with van der Waals surface area (Å²) in [7, 11) is 0. The third kappa shape index (κ3) is 7.91. The van der Waals surface area contributed by atoms with E-state index in [9.17, 15) is 0 Å². The van der Waals surface area contributed by atoms with Gasteiger partial charge in [0.2, 0.25) is 0 Å². The van der Waals surface area contributed by atoms with Crippen LogP contribution in [0.4, 0.5) is 0 Å². The lowest BCUT2D eigenvalue weighted by atomic mass is 10.2. The molecule has 6 heteroatoms. The molecule has 0 amide bonds. The molecule has 0 aliphatic heterocycles. The van der Waals surface area contributed by atoms with Gasteiger partial charge in [-0.3, -0.25) is 0 Å². The first-order valence-corrected chi connectivity index (χ1v) is 6.91. The molecule has 4 nitrogen and oxygen atoms in total. The average Bonchev–Trinajstić information content (AvgIpc) is 2.43. The summed E-state index contributed by atoms with van der Waals surface area (Å²) >= 11 is 5.84. The number of benzene rings is 1. The van der Waals surface area contributed by atoms with E-state index >= 15 is 0 Å². The van der Waals surface area contributed by atoms with Crippen molar-refractivity contribution < 1.29 is 5.11 Å². The van der Waals surface area contributed by atoms with Crippen molar-refractivity contribution >= 4 is 41.5 Å². The molecule has 0 radical (unpaired) electrons. The van der Waals surface area contributed by atoms with Gasteiger partial charge in [-0.05, 0) is 30.5 Å². The maximum absolute atomic E-state index is 9.00. The van der Waals surface area contributed by atoms with E-state index in [0.717, 1.165) is 23.1 Å². The van der Waals surface area contributed by atoms with Gasteiger partial charge in [0.1, 0.15) is 0 Å². The molecule has 1 atom stereocenters. The highest BCUT2D eigenvalue weighted by atomic mass is 127. The maximum Gasteiger partial charge on any atom is 0.191 e. The van der Waals surface area contributed by atoms with Crippen LogP contribution in [0, 0.1) is 5.92 Å². The molecule has 0 aliphatic carbocycles. The number of aliphatic hydroxyl groups is 1. The standard InChI is InChI=1S/C14H22ClN3O.HI/c1-3-16-14(17-8-11(2)10-19)18-9-12-4-6-13(15)7-5-12;/h4-7,11,19H,3,8-10H2,1-2H3,(H2,16,17,18);1H. The summed E-state index contributed by atoms with van der Waals surface area (Å²) in [5.74, 6) is 0.970. The second kappa shape index (κ2) is 11.2. The first-order chi connectivity index (χ1) is 9.15. The smallest absolute Gasteiger partial charge is 0.191 e. The van der Waals surface area contributed by atoms with Crippen LogP contribution in [0.25, 0.3) is 0 Å². The number of nitrogens with zero attached hydrogens (tertiary/aromatic N) is 1. The predicted octanol–water partition coefficient (Wildman–Crippen LogP) is 2.64. The molecule has 3 N–H and O–H groups in total. The van der Waals surface area contributed by atoms with Crippen LogP contribution < -0.4 is 10.6 Å². The Morgan fingerprint density at radius 2 is 1.95 bits per heavy atom. The summed E-state index contributed by atoms with van der Waals surface area (Å²) in [5, 5.41) is 16.1. The van der Waals surface area contributed by atoms with E-state index < -0.39 is 0 Å². The molecule has 0 spiro atoms. The SMILES string of the molecule is CCNC(=NCc1ccc(Cl)cc1)NCC(C)CO.I. The molecule has 1 rings (SSSR count). The van der Waals surface area contributed by atoms with E-state index in [-0.39, 0.29) is 36.5 Å². The Hall–Kier alpha value is -0.530.